The standard InChI is InChI=1S/C14H15NO7/c1-21-11(16)8-7-10(12(17)18)15-14(20)22-13(19)9-5-3-2-4-6-9/h2-6,10H,7-8H2,1H3,(H,15,20)(H,17,18)/t10-/m0/s1. The van der Waals surface area contributed by atoms with Gasteiger partial charge in [-0.05, 0) is 18.6 Å². The molecule has 0 saturated heterocycles. The zero-order valence-electron chi connectivity index (χ0n) is 11.8. The van der Waals surface area contributed by atoms with Gasteiger partial charge in [0.25, 0.3) is 0 Å². The van der Waals surface area contributed by atoms with E-state index in [1.165, 1.54) is 19.2 Å². The highest BCUT2D eigenvalue weighted by Gasteiger charge is 2.23. The molecule has 22 heavy (non-hydrogen) atoms. The van der Waals surface area contributed by atoms with E-state index in [9.17, 15) is 19.2 Å². The Balaban J connectivity index is 2.55. The summed E-state index contributed by atoms with van der Waals surface area (Å²) < 4.78 is 8.86. The number of esters is 2. The van der Waals surface area contributed by atoms with E-state index in [1.807, 2.05) is 5.32 Å². The van der Waals surface area contributed by atoms with Crippen molar-refractivity contribution in [2.45, 2.75) is 18.9 Å². The summed E-state index contributed by atoms with van der Waals surface area (Å²) >= 11 is 0. The SMILES string of the molecule is COC(=O)CC[C@H](NC(=O)OC(=O)c1ccccc1)C(=O)O. The lowest BCUT2D eigenvalue weighted by atomic mass is 10.1. The average Bonchev–Trinajstić information content (AvgIpc) is 2.51. The fraction of sp³-hybridized carbons (Fsp3) is 0.286. The van der Waals surface area contributed by atoms with Gasteiger partial charge in [-0.1, -0.05) is 18.2 Å². The normalized spacial score (nSPS) is 11.1. The van der Waals surface area contributed by atoms with E-state index in [4.69, 9.17) is 5.11 Å². The Kier molecular flexibility index (Phi) is 6.55. The van der Waals surface area contributed by atoms with Crippen LogP contribution in [0.2, 0.25) is 0 Å². The molecule has 0 spiro atoms. The van der Waals surface area contributed by atoms with Gasteiger partial charge in [0.1, 0.15) is 6.04 Å². The minimum atomic E-state index is -1.37. The third-order valence-electron chi connectivity index (χ3n) is 2.65. The predicted molar refractivity (Wildman–Crippen MR) is 73.1 cm³/mol. The van der Waals surface area contributed by atoms with Crippen LogP contribution in [0.5, 0.6) is 0 Å². The molecule has 118 valence electrons. The first-order valence-corrected chi connectivity index (χ1v) is 6.31. The number of ether oxygens (including phenoxy) is 2. The Bertz CT molecular complexity index is 556. The molecule has 0 aliphatic heterocycles. The number of carbonyl (C=O) groups is 4. The van der Waals surface area contributed by atoms with E-state index >= 15 is 0 Å². The van der Waals surface area contributed by atoms with Crippen LogP contribution in [0.1, 0.15) is 23.2 Å². The minimum Gasteiger partial charge on any atom is -0.480 e. The Hall–Kier alpha value is -2.90. The summed E-state index contributed by atoms with van der Waals surface area (Å²) in [6.07, 6.45) is -1.58. The van der Waals surface area contributed by atoms with Gasteiger partial charge in [0.2, 0.25) is 0 Å². The van der Waals surface area contributed by atoms with Crippen molar-refractivity contribution in [2.75, 3.05) is 7.11 Å². The number of carboxylic acids is 1. The molecule has 2 N–H and O–H groups in total. The van der Waals surface area contributed by atoms with Gasteiger partial charge in [-0.2, -0.15) is 0 Å². The number of nitrogens with one attached hydrogen (secondary N) is 1. The van der Waals surface area contributed by atoms with E-state index < -0.39 is 30.0 Å². The molecule has 1 aromatic rings. The lowest BCUT2D eigenvalue weighted by molar-refractivity contribution is -0.142. The Morgan fingerprint density at radius 3 is 2.36 bits per heavy atom. The number of amides is 1. The molecule has 1 amide bonds. The van der Waals surface area contributed by atoms with Crippen molar-refractivity contribution < 1.29 is 33.8 Å². The van der Waals surface area contributed by atoms with Crippen LogP contribution in [0.4, 0.5) is 4.79 Å². The second kappa shape index (κ2) is 8.40. The summed E-state index contributed by atoms with van der Waals surface area (Å²) in [4.78, 5) is 45.1. The summed E-state index contributed by atoms with van der Waals surface area (Å²) in [5, 5.41) is 11.0. The molecular formula is C14H15NO7. The number of aliphatic carboxylic acids is 1. The van der Waals surface area contributed by atoms with E-state index in [2.05, 4.69) is 9.47 Å². The second-order valence-electron chi connectivity index (χ2n) is 4.19. The Morgan fingerprint density at radius 1 is 1.18 bits per heavy atom. The predicted octanol–water partition coefficient (Wildman–Crippen LogP) is 0.959. The van der Waals surface area contributed by atoms with Crippen LogP contribution in [0.25, 0.3) is 0 Å². The summed E-state index contributed by atoms with van der Waals surface area (Å²) in [7, 11) is 1.17. The van der Waals surface area contributed by atoms with Crippen LogP contribution >= 0.6 is 0 Å². The summed E-state index contributed by atoms with van der Waals surface area (Å²) in [5.41, 5.74) is 0.152. The maximum Gasteiger partial charge on any atom is 0.415 e. The molecule has 0 aliphatic carbocycles. The molecule has 1 atom stereocenters. The third kappa shape index (κ3) is 5.61. The Labute approximate surface area is 126 Å². The Morgan fingerprint density at radius 2 is 1.82 bits per heavy atom. The van der Waals surface area contributed by atoms with Crippen LogP contribution < -0.4 is 5.32 Å². The molecule has 0 bridgehead atoms. The quantitative estimate of drug-likeness (QED) is 0.593. The van der Waals surface area contributed by atoms with Crippen LogP contribution in [0, 0.1) is 0 Å². The van der Waals surface area contributed by atoms with Crippen molar-refractivity contribution in [1.82, 2.24) is 5.32 Å². The number of alkyl carbamates (subject to hydrolysis) is 1. The van der Waals surface area contributed by atoms with Gasteiger partial charge in [-0.25, -0.2) is 14.4 Å². The molecule has 0 radical (unpaired) electrons. The van der Waals surface area contributed by atoms with Gasteiger partial charge in [0.05, 0.1) is 12.7 Å². The first-order chi connectivity index (χ1) is 10.4. The fourth-order valence-corrected chi connectivity index (χ4v) is 1.51. The monoisotopic (exact) mass is 309 g/mol. The molecule has 0 aromatic heterocycles. The molecule has 8 nitrogen and oxygen atoms in total. The highest BCUT2D eigenvalue weighted by molar-refractivity contribution is 5.97. The molecule has 0 fully saturated rings. The number of rotatable bonds is 6. The van der Waals surface area contributed by atoms with Gasteiger partial charge in [0.15, 0.2) is 0 Å². The lowest BCUT2D eigenvalue weighted by Crippen LogP contribution is -2.42. The molecule has 0 saturated carbocycles. The molecule has 8 heteroatoms. The second-order valence-corrected chi connectivity index (χ2v) is 4.19. The van der Waals surface area contributed by atoms with Gasteiger partial charge in [-0.3, -0.25) is 4.79 Å². The number of hydrogen-bond donors (Lipinski definition) is 2. The number of carboxylic acid groups (broad SMARTS) is 1. The van der Waals surface area contributed by atoms with Gasteiger partial charge in [-0.15, -0.1) is 0 Å². The number of benzene rings is 1. The first-order valence-electron chi connectivity index (χ1n) is 6.31. The molecule has 0 aliphatic rings. The van der Waals surface area contributed by atoms with E-state index in [0.29, 0.717) is 0 Å². The smallest absolute Gasteiger partial charge is 0.415 e. The zero-order chi connectivity index (χ0) is 16.5. The van der Waals surface area contributed by atoms with Gasteiger partial charge < -0.3 is 19.9 Å². The van der Waals surface area contributed by atoms with Crippen molar-refractivity contribution in [2.24, 2.45) is 0 Å². The van der Waals surface area contributed by atoms with Gasteiger partial charge in [0, 0.05) is 6.42 Å². The average molecular weight is 309 g/mol. The highest BCUT2D eigenvalue weighted by atomic mass is 16.6. The lowest BCUT2D eigenvalue weighted by Gasteiger charge is -2.13. The maximum absolute atomic E-state index is 11.6. The van der Waals surface area contributed by atoms with Crippen molar-refractivity contribution in [3.63, 3.8) is 0 Å². The fourth-order valence-electron chi connectivity index (χ4n) is 1.51. The van der Waals surface area contributed by atoms with E-state index in [1.54, 1.807) is 18.2 Å². The highest BCUT2D eigenvalue weighted by Crippen LogP contribution is 2.03. The van der Waals surface area contributed by atoms with Gasteiger partial charge >= 0.3 is 24.0 Å². The van der Waals surface area contributed by atoms with Crippen LogP contribution in [-0.2, 0) is 19.1 Å². The van der Waals surface area contributed by atoms with Crippen molar-refractivity contribution in [1.29, 1.82) is 0 Å². The minimum absolute atomic E-state index is 0.152. The zero-order valence-corrected chi connectivity index (χ0v) is 11.8. The van der Waals surface area contributed by atoms with Crippen LogP contribution in [0.15, 0.2) is 30.3 Å². The topological polar surface area (TPSA) is 119 Å². The number of carbonyl (C=O) groups excluding carboxylic acids is 3. The molecule has 1 rings (SSSR count). The van der Waals surface area contributed by atoms with Crippen molar-refractivity contribution >= 4 is 24.0 Å². The van der Waals surface area contributed by atoms with Crippen LogP contribution in [-0.4, -0.2) is 42.3 Å². The molecule has 0 unspecified atom stereocenters. The summed E-state index contributed by atoms with van der Waals surface area (Å²) in [6, 6.07) is 6.39. The molecular weight excluding hydrogens is 294 g/mol. The number of hydrogen-bond acceptors (Lipinski definition) is 6. The van der Waals surface area contributed by atoms with Crippen molar-refractivity contribution in [3.05, 3.63) is 35.9 Å². The first kappa shape index (κ1) is 17.2. The largest absolute Gasteiger partial charge is 0.480 e. The summed E-state index contributed by atoms with van der Waals surface area (Å²) in [6.45, 7) is 0. The maximum atomic E-state index is 11.6. The molecule has 0 heterocycles. The van der Waals surface area contributed by atoms with Crippen LogP contribution in [0.3, 0.4) is 0 Å². The third-order valence-corrected chi connectivity index (χ3v) is 2.65. The molecule has 1 aromatic carbocycles. The van der Waals surface area contributed by atoms with E-state index in [0.717, 1.165) is 0 Å². The van der Waals surface area contributed by atoms with E-state index in [-0.39, 0.29) is 18.4 Å². The van der Waals surface area contributed by atoms with Crippen molar-refractivity contribution in [3.8, 4) is 0 Å². The number of methoxy groups -OCH3 is 1. The summed E-state index contributed by atoms with van der Waals surface area (Å²) in [5.74, 6) is -2.87.